The molecule has 0 fully saturated rings. The van der Waals surface area contributed by atoms with E-state index in [-0.39, 0.29) is 23.7 Å². The molecule has 0 bridgehead atoms. The highest BCUT2D eigenvalue weighted by atomic mass is 32.1. The maximum atomic E-state index is 13.3. The van der Waals surface area contributed by atoms with E-state index in [4.69, 9.17) is 4.52 Å². The lowest BCUT2D eigenvalue weighted by Gasteiger charge is -2.20. The molecule has 1 aromatic carbocycles. The summed E-state index contributed by atoms with van der Waals surface area (Å²) < 4.78 is 46.0. The molecule has 0 aliphatic heterocycles. The van der Waals surface area contributed by atoms with Gasteiger partial charge >= 0.3 is 6.18 Å². The summed E-state index contributed by atoms with van der Waals surface area (Å²) in [5.74, 6) is -0.0629. The van der Waals surface area contributed by atoms with E-state index in [1.54, 1.807) is 30.5 Å². The second kappa shape index (κ2) is 9.80. The number of likely N-dealkylation sites (N-methyl/N-ethyl adjacent to an activating group) is 1. The molecule has 0 N–H and O–H groups in total. The molecule has 4 rings (SSSR count). The van der Waals surface area contributed by atoms with Gasteiger partial charge in [0.15, 0.2) is 0 Å². The number of hydrogen-bond acceptors (Lipinski definition) is 7. The van der Waals surface area contributed by atoms with Gasteiger partial charge in [-0.25, -0.2) is 0 Å². The van der Waals surface area contributed by atoms with Crippen LogP contribution >= 0.6 is 11.3 Å². The van der Waals surface area contributed by atoms with Gasteiger partial charge in [0.25, 0.3) is 0 Å². The molecular formula is C23H21F3N4O2S. The first kappa shape index (κ1) is 23.1. The quantitative estimate of drug-likeness (QED) is 0.308. The number of alkyl halides is 3. The molecule has 10 heteroatoms. The molecule has 0 radical (unpaired) electrons. The summed E-state index contributed by atoms with van der Waals surface area (Å²) in [6, 6.07) is 12.6. The average Bonchev–Trinajstić information content (AvgIpc) is 3.38. The highest BCUT2D eigenvalue weighted by Crippen LogP contribution is 2.40. The molecule has 33 heavy (non-hydrogen) atoms. The van der Waals surface area contributed by atoms with E-state index < -0.39 is 18.5 Å². The van der Waals surface area contributed by atoms with Gasteiger partial charge in [-0.05, 0) is 36.2 Å². The Labute approximate surface area is 192 Å². The minimum Gasteiger partial charge on any atom is -0.339 e. The van der Waals surface area contributed by atoms with Crippen LogP contribution in [0, 0.1) is 0 Å². The lowest BCUT2D eigenvalue weighted by atomic mass is 10.1. The van der Waals surface area contributed by atoms with Crippen molar-refractivity contribution in [2.45, 2.75) is 31.5 Å². The Morgan fingerprint density at radius 2 is 1.97 bits per heavy atom. The topological polar surface area (TPSA) is 72.1 Å². The average molecular weight is 475 g/mol. The predicted molar refractivity (Wildman–Crippen MR) is 119 cm³/mol. The minimum absolute atomic E-state index is 0.105. The van der Waals surface area contributed by atoms with Gasteiger partial charge in [-0.15, -0.1) is 11.3 Å². The first-order valence-corrected chi connectivity index (χ1v) is 11.1. The van der Waals surface area contributed by atoms with Gasteiger partial charge in [0.1, 0.15) is 6.29 Å². The third-order valence-corrected chi connectivity index (χ3v) is 6.35. The highest BCUT2D eigenvalue weighted by molar-refractivity contribution is 7.22. The molecule has 3 heterocycles. The molecule has 0 saturated heterocycles. The number of carbonyl (C=O) groups is 1. The fourth-order valence-corrected chi connectivity index (χ4v) is 4.87. The SMILES string of the molecule is CN(Cc1ccccn1)CC(CC=O)c1nc(-c2sc3ccccc3c2CC(F)(F)F)no1. The Hall–Kier alpha value is -3.11. The van der Waals surface area contributed by atoms with Crippen molar-refractivity contribution in [1.82, 2.24) is 20.0 Å². The molecule has 0 aliphatic rings. The third-order valence-electron chi connectivity index (χ3n) is 5.14. The van der Waals surface area contributed by atoms with E-state index in [0.29, 0.717) is 23.4 Å². The van der Waals surface area contributed by atoms with Crippen molar-refractivity contribution in [3.05, 3.63) is 65.8 Å². The molecule has 6 nitrogen and oxygen atoms in total. The number of benzene rings is 1. The number of carbonyl (C=O) groups excluding carboxylic acids is 1. The van der Waals surface area contributed by atoms with Crippen molar-refractivity contribution in [3.8, 4) is 10.7 Å². The number of aldehydes is 1. The molecular weight excluding hydrogens is 453 g/mol. The summed E-state index contributed by atoms with van der Waals surface area (Å²) >= 11 is 1.20. The largest absolute Gasteiger partial charge is 0.393 e. The van der Waals surface area contributed by atoms with Gasteiger partial charge in [-0.1, -0.05) is 29.4 Å². The molecule has 4 aromatic rings. The smallest absolute Gasteiger partial charge is 0.339 e. The number of hydrogen-bond donors (Lipinski definition) is 0. The number of pyridine rings is 1. The second-order valence-corrected chi connectivity index (χ2v) is 8.82. The summed E-state index contributed by atoms with van der Waals surface area (Å²) in [4.78, 5) is 22.3. The zero-order valence-corrected chi connectivity index (χ0v) is 18.6. The lowest BCUT2D eigenvalue weighted by Crippen LogP contribution is -2.25. The Morgan fingerprint density at radius 1 is 1.18 bits per heavy atom. The highest BCUT2D eigenvalue weighted by Gasteiger charge is 2.32. The summed E-state index contributed by atoms with van der Waals surface area (Å²) in [6.07, 6.45) is -2.83. The van der Waals surface area contributed by atoms with E-state index in [1.807, 2.05) is 30.1 Å². The number of aromatic nitrogens is 3. The van der Waals surface area contributed by atoms with Crippen molar-refractivity contribution < 1.29 is 22.5 Å². The minimum atomic E-state index is -4.38. The third kappa shape index (κ3) is 5.63. The first-order valence-electron chi connectivity index (χ1n) is 10.3. The summed E-state index contributed by atoms with van der Waals surface area (Å²) in [5, 5.41) is 4.51. The molecule has 0 amide bonds. The van der Waals surface area contributed by atoms with Crippen molar-refractivity contribution in [2.75, 3.05) is 13.6 Å². The molecule has 0 saturated carbocycles. The van der Waals surface area contributed by atoms with E-state index >= 15 is 0 Å². The Bertz CT molecular complexity index is 1220. The number of fused-ring (bicyclic) bond motifs is 1. The van der Waals surface area contributed by atoms with E-state index in [0.717, 1.165) is 16.7 Å². The van der Waals surface area contributed by atoms with Crippen LogP contribution in [0.5, 0.6) is 0 Å². The molecule has 1 atom stereocenters. The van der Waals surface area contributed by atoms with Gasteiger partial charge in [-0.2, -0.15) is 18.2 Å². The fourth-order valence-electron chi connectivity index (χ4n) is 3.73. The van der Waals surface area contributed by atoms with Crippen LogP contribution in [-0.4, -0.2) is 46.1 Å². The van der Waals surface area contributed by atoms with Crippen LogP contribution in [-0.2, 0) is 17.8 Å². The van der Waals surface area contributed by atoms with E-state index in [9.17, 15) is 18.0 Å². The van der Waals surface area contributed by atoms with Crippen molar-refractivity contribution in [2.24, 2.45) is 0 Å². The molecule has 3 aromatic heterocycles. The number of thiophene rings is 1. The van der Waals surface area contributed by atoms with Crippen LogP contribution in [0.4, 0.5) is 13.2 Å². The van der Waals surface area contributed by atoms with E-state index in [2.05, 4.69) is 15.1 Å². The monoisotopic (exact) mass is 474 g/mol. The standard InChI is InChI=1S/C23H21F3N4O2S/c1-30(14-16-6-4-5-10-27-16)13-15(9-11-31)22-28-21(29-32-22)20-18(12-23(24,25)26)17-7-2-3-8-19(17)33-20/h2-8,10-11,15H,9,12-14H2,1H3. The van der Waals surface area contributed by atoms with Crippen molar-refractivity contribution >= 4 is 27.7 Å². The zero-order valence-electron chi connectivity index (χ0n) is 17.7. The fraction of sp³-hybridized carbons (Fsp3) is 0.304. The van der Waals surface area contributed by atoms with Crippen molar-refractivity contribution in [3.63, 3.8) is 0 Å². The van der Waals surface area contributed by atoms with Gasteiger partial charge in [-0.3, -0.25) is 9.88 Å². The van der Waals surface area contributed by atoms with Crippen LogP contribution in [0.25, 0.3) is 20.8 Å². The Morgan fingerprint density at radius 3 is 2.70 bits per heavy atom. The summed E-state index contributed by atoms with van der Waals surface area (Å²) in [7, 11) is 1.89. The van der Waals surface area contributed by atoms with Gasteiger partial charge < -0.3 is 9.32 Å². The molecule has 1 unspecified atom stereocenters. The van der Waals surface area contributed by atoms with Crippen LogP contribution in [0.15, 0.2) is 53.2 Å². The number of rotatable bonds is 9. The maximum absolute atomic E-state index is 13.3. The maximum Gasteiger partial charge on any atom is 0.393 e. The molecule has 0 spiro atoms. The van der Waals surface area contributed by atoms with Crippen LogP contribution in [0.2, 0.25) is 0 Å². The Balaban J connectivity index is 1.61. The van der Waals surface area contributed by atoms with Gasteiger partial charge in [0.2, 0.25) is 11.7 Å². The lowest BCUT2D eigenvalue weighted by molar-refractivity contribution is -0.126. The Kier molecular flexibility index (Phi) is 6.85. The second-order valence-electron chi connectivity index (χ2n) is 7.77. The normalized spacial score (nSPS) is 13.0. The summed E-state index contributed by atoms with van der Waals surface area (Å²) in [5.41, 5.74) is 1.01. The van der Waals surface area contributed by atoms with Gasteiger partial charge in [0.05, 0.1) is 22.9 Å². The van der Waals surface area contributed by atoms with Crippen LogP contribution < -0.4 is 0 Å². The number of halogens is 3. The van der Waals surface area contributed by atoms with E-state index in [1.165, 1.54) is 11.3 Å². The van der Waals surface area contributed by atoms with Gasteiger partial charge in [0, 0.05) is 30.4 Å². The summed E-state index contributed by atoms with van der Waals surface area (Å²) in [6.45, 7) is 1.00. The molecule has 172 valence electrons. The van der Waals surface area contributed by atoms with Crippen LogP contribution in [0.3, 0.4) is 0 Å². The van der Waals surface area contributed by atoms with Crippen molar-refractivity contribution in [1.29, 1.82) is 0 Å². The zero-order chi connectivity index (χ0) is 23.4. The number of nitrogens with zero attached hydrogens (tertiary/aromatic N) is 4. The molecule has 0 aliphatic carbocycles. The van der Waals surface area contributed by atoms with Crippen LogP contribution in [0.1, 0.15) is 29.5 Å². The first-order chi connectivity index (χ1) is 15.8. The predicted octanol–water partition coefficient (Wildman–Crippen LogP) is 5.26.